The van der Waals surface area contributed by atoms with E-state index in [1.54, 1.807) is 32.9 Å². The van der Waals surface area contributed by atoms with Crippen molar-refractivity contribution in [3.05, 3.63) is 94.6 Å². The molecule has 1 heterocycles. The first-order chi connectivity index (χ1) is 18.6. The highest BCUT2D eigenvalue weighted by molar-refractivity contribution is 7.80. The van der Waals surface area contributed by atoms with Gasteiger partial charge >= 0.3 is 5.97 Å². The SMILES string of the molecule is CC(C)(C)OC(=O)C(NC(=S)NNc1ncc(C(=O)N(CCO)Cc2ccccc2)cc1Cl)c1ccccc1. The number of rotatable bonds is 10. The van der Waals surface area contributed by atoms with E-state index in [4.69, 9.17) is 28.6 Å². The third-order valence-corrected chi connectivity index (χ3v) is 5.81. The number of thiocarbonyl (C=S) groups is 1. The molecule has 1 aromatic heterocycles. The number of nitrogens with zero attached hydrogens (tertiary/aromatic N) is 2. The summed E-state index contributed by atoms with van der Waals surface area (Å²) < 4.78 is 5.55. The Balaban J connectivity index is 1.66. The molecule has 1 atom stereocenters. The summed E-state index contributed by atoms with van der Waals surface area (Å²) in [6, 6.07) is 19.2. The zero-order valence-electron chi connectivity index (χ0n) is 22.0. The molecular formula is C28H32ClN5O4S. The van der Waals surface area contributed by atoms with Crippen molar-refractivity contribution < 1.29 is 19.4 Å². The van der Waals surface area contributed by atoms with Crippen LogP contribution in [0.25, 0.3) is 0 Å². The quantitative estimate of drug-likeness (QED) is 0.162. The Morgan fingerprint density at radius 2 is 1.74 bits per heavy atom. The number of nitrogens with one attached hydrogen (secondary N) is 3. The van der Waals surface area contributed by atoms with Crippen LogP contribution < -0.4 is 16.2 Å². The second kappa shape index (κ2) is 13.9. The summed E-state index contributed by atoms with van der Waals surface area (Å²) in [6.45, 7) is 5.68. The van der Waals surface area contributed by atoms with Gasteiger partial charge in [-0.3, -0.25) is 15.6 Å². The van der Waals surface area contributed by atoms with Crippen LogP contribution in [0.15, 0.2) is 72.9 Å². The molecule has 0 bridgehead atoms. The average Bonchev–Trinajstić information content (AvgIpc) is 2.90. The number of anilines is 1. The van der Waals surface area contributed by atoms with Crippen molar-refractivity contribution in [2.75, 3.05) is 18.6 Å². The average molecular weight is 570 g/mol. The van der Waals surface area contributed by atoms with Crippen LogP contribution in [0, 0.1) is 0 Å². The normalized spacial score (nSPS) is 11.7. The number of hydrogen-bond acceptors (Lipinski definition) is 7. The zero-order valence-corrected chi connectivity index (χ0v) is 23.6. The first kappa shape index (κ1) is 29.8. The molecule has 9 nitrogen and oxygen atoms in total. The Bertz CT molecular complexity index is 1270. The topological polar surface area (TPSA) is 116 Å². The van der Waals surface area contributed by atoms with E-state index in [0.29, 0.717) is 12.1 Å². The molecule has 0 aliphatic heterocycles. The van der Waals surface area contributed by atoms with E-state index in [1.807, 2.05) is 48.5 Å². The fourth-order valence-electron chi connectivity index (χ4n) is 3.57. The van der Waals surface area contributed by atoms with Gasteiger partial charge in [0.1, 0.15) is 5.60 Å². The summed E-state index contributed by atoms with van der Waals surface area (Å²) in [5.41, 5.74) is 6.77. The Kier molecular flexibility index (Phi) is 10.6. The Morgan fingerprint density at radius 3 is 2.33 bits per heavy atom. The second-order valence-electron chi connectivity index (χ2n) is 9.59. The van der Waals surface area contributed by atoms with Crippen LogP contribution in [0.5, 0.6) is 0 Å². The highest BCUT2D eigenvalue weighted by atomic mass is 35.5. The predicted octanol–water partition coefficient (Wildman–Crippen LogP) is 4.24. The molecule has 1 unspecified atom stereocenters. The first-order valence-corrected chi connectivity index (χ1v) is 13.1. The molecule has 0 radical (unpaired) electrons. The molecule has 4 N–H and O–H groups in total. The van der Waals surface area contributed by atoms with E-state index in [2.05, 4.69) is 21.2 Å². The Morgan fingerprint density at radius 1 is 1.10 bits per heavy atom. The number of pyridine rings is 1. The number of hydrogen-bond donors (Lipinski definition) is 4. The van der Waals surface area contributed by atoms with Gasteiger partial charge in [-0.2, -0.15) is 0 Å². The molecule has 3 aromatic rings. The van der Waals surface area contributed by atoms with Gasteiger partial charge in [-0.05, 0) is 50.2 Å². The van der Waals surface area contributed by atoms with Crippen molar-refractivity contribution in [3.63, 3.8) is 0 Å². The molecule has 11 heteroatoms. The van der Waals surface area contributed by atoms with Crippen molar-refractivity contribution in [1.82, 2.24) is 20.6 Å². The summed E-state index contributed by atoms with van der Waals surface area (Å²) in [5, 5.41) is 12.7. The molecule has 0 aliphatic carbocycles. The maximum absolute atomic E-state index is 13.1. The van der Waals surface area contributed by atoms with E-state index in [1.165, 1.54) is 17.2 Å². The molecule has 1 amide bonds. The van der Waals surface area contributed by atoms with E-state index in [9.17, 15) is 14.7 Å². The molecule has 206 valence electrons. The Hall–Kier alpha value is -3.73. The van der Waals surface area contributed by atoms with Crippen molar-refractivity contribution >= 4 is 46.6 Å². The Labute approximate surface area is 238 Å². The lowest BCUT2D eigenvalue weighted by Gasteiger charge is -2.26. The molecule has 3 rings (SSSR count). The number of aromatic nitrogens is 1. The van der Waals surface area contributed by atoms with Gasteiger partial charge in [-0.15, -0.1) is 0 Å². The van der Waals surface area contributed by atoms with Gasteiger partial charge in [-0.1, -0.05) is 72.3 Å². The fraction of sp³-hybridized carbons (Fsp3) is 0.286. The largest absolute Gasteiger partial charge is 0.458 e. The number of amides is 1. The number of halogens is 1. The number of aliphatic hydroxyl groups is 1. The van der Waals surface area contributed by atoms with Gasteiger partial charge in [-0.25, -0.2) is 9.78 Å². The molecule has 0 saturated carbocycles. The van der Waals surface area contributed by atoms with Crippen LogP contribution in [0.1, 0.15) is 48.3 Å². The summed E-state index contributed by atoms with van der Waals surface area (Å²) in [5.74, 6) is -0.579. The van der Waals surface area contributed by atoms with Crippen LogP contribution in [-0.2, 0) is 16.1 Å². The summed E-state index contributed by atoms with van der Waals surface area (Å²) in [4.78, 5) is 31.7. The van der Waals surface area contributed by atoms with Crippen molar-refractivity contribution in [3.8, 4) is 0 Å². The van der Waals surface area contributed by atoms with Gasteiger partial charge in [0, 0.05) is 19.3 Å². The van der Waals surface area contributed by atoms with Gasteiger partial charge in [0.25, 0.3) is 5.91 Å². The number of hydrazine groups is 1. The number of carbonyl (C=O) groups excluding carboxylic acids is 2. The van der Waals surface area contributed by atoms with Crippen LogP contribution in [0.3, 0.4) is 0 Å². The number of ether oxygens (including phenoxy) is 1. The number of benzene rings is 2. The van der Waals surface area contributed by atoms with Crippen LogP contribution in [0.4, 0.5) is 5.82 Å². The third kappa shape index (κ3) is 9.20. The number of aliphatic hydroxyl groups excluding tert-OH is 1. The fourth-order valence-corrected chi connectivity index (χ4v) is 3.96. The van der Waals surface area contributed by atoms with Crippen LogP contribution in [-0.4, -0.2) is 50.7 Å². The van der Waals surface area contributed by atoms with Crippen LogP contribution >= 0.6 is 23.8 Å². The molecule has 0 fully saturated rings. The van der Waals surface area contributed by atoms with Gasteiger partial charge in [0.2, 0.25) is 0 Å². The second-order valence-corrected chi connectivity index (χ2v) is 10.4. The highest BCUT2D eigenvalue weighted by Gasteiger charge is 2.27. The minimum Gasteiger partial charge on any atom is -0.458 e. The molecule has 39 heavy (non-hydrogen) atoms. The van der Waals surface area contributed by atoms with E-state index >= 15 is 0 Å². The highest BCUT2D eigenvalue weighted by Crippen LogP contribution is 2.22. The third-order valence-electron chi connectivity index (χ3n) is 5.31. The number of esters is 1. The first-order valence-electron chi connectivity index (χ1n) is 12.3. The monoisotopic (exact) mass is 569 g/mol. The minimum atomic E-state index is -0.849. The maximum Gasteiger partial charge on any atom is 0.333 e. The lowest BCUT2D eigenvalue weighted by molar-refractivity contribution is -0.157. The molecule has 0 saturated heterocycles. The lowest BCUT2D eigenvalue weighted by Crippen LogP contribution is -2.44. The maximum atomic E-state index is 13.1. The molecule has 0 aliphatic rings. The zero-order chi connectivity index (χ0) is 28.4. The summed E-state index contributed by atoms with van der Waals surface area (Å²) in [7, 11) is 0. The van der Waals surface area contributed by atoms with Gasteiger partial charge < -0.3 is 20.1 Å². The smallest absolute Gasteiger partial charge is 0.333 e. The van der Waals surface area contributed by atoms with Crippen LogP contribution in [0.2, 0.25) is 5.02 Å². The summed E-state index contributed by atoms with van der Waals surface area (Å²) in [6.07, 6.45) is 1.39. The van der Waals surface area contributed by atoms with Gasteiger partial charge in [0.15, 0.2) is 17.0 Å². The van der Waals surface area contributed by atoms with Crippen molar-refractivity contribution in [2.45, 2.75) is 39.0 Å². The van der Waals surface area contributed by atoms with E-state index in [0.717, 1.165) is 5.56 Å². The lowest BCUT2D eigenvalue weighted by atomic mass is 10.1. The molecule has 0 spiro atoms. The van der Waals surface area contributed by atoms with Gasteiger partial charge in [0.05, 0.1) is 17.2 Å². The number of carbonyl (C=O) groups is 2. The van der Waals surface area contributed by atoms with E-state index < -0.39 is 17.6 Å². The molecule has 2 aromatic carbocycles. The van der Waals surface area contributed by atoms with Crippen molar-refractivity contribution in [1.29, 1.82) is 0 Å². The minimum absolute atomic E-state index is 0.102. The summed E-state index contributed by atoms with van der Waals surface area (Å²) >= 11 is 11.8. The standard InChI is InChI=1S/C28H32ClN5O4S/c1-28(2,3)38-26(37)23(20-12-8-5-9-13-20)31-27(39)33-32-24-22(29)16-21(17-30-24)25(36)34(14-15-35)18-19-10-6-4-7-11-19/h4-13,16-17,23,35H,14-15,18H2,1-3H3,(H,30,32)(H2,31,33,39). The van der Waals surface area contributed by atoms with E-state index in [-0.39, 0.29) is 40.6 Å². The molecular weight excluding hydrogens is 538 g/mol. The predicted molar refractivity (Wildman–Crippen MR) is 155 cm³/mol. The van der Waals surface area contributed by atoms with Crippen molar-refractivity contribution in [2.24, 2.45) is 0 Å².